The third-order valence-electron chi connectivity index (χ3n) is 4.10. The highest BCUT2D eigenvalue weighted by Crippen LogP contribution is 2.34. The molecule has 0 unspecified atom stereocenters. The standard InChI is InChI=1S/C18H24N4O2/c1-12(2)20-18-19-7-5-17(21-18)22-8-6-13-9-15(23-3)16(24-4)10-14(13)11-22/h5,7,9-10,12H,6,8,11H2,1-4H3,(H,19,20,21). The van der Waals surface area contributed by atoms with E-state index in [9.17, 15) is 0 Å². The van der Waals surface area contributed by atoms with Gasteiger partial charge in [-0.3, -0.25) is 0 Å². The molecule has 1 aromatic carbocycles. The summed E-state index contributed by atoms with van der Waals surface area (Å²) in [7, 11) is 3.34. The number of hydrogen-bond acceptors (Lipinski definition) is 6. The molecule has 0 amide bonds. The second-order valence-electron chi connectivity index (χ2n) is 6.18. The number of fused-ring (bicyclic) bond motifs is 1. The molecule has 0 saturated heterocycles. The Morgan fingerprint density at radius 1 is 1.12 bits per heavy atom. The van der Waals surface area contributed by atoms with E-state index in [0.717, 1.165) is 36.8 Å². The lowest BCUT2D eigenvalue weighted by molar-refractivity contribution is 0.353. The zero-order valence-corrected chi connectivity index (χ0v) is 14.7. The van der Waals surface area contributed by atoms with Crippen molar-refractivity contribution in [2.24, 2.45) is 0 Å². The van der Waals surface area contributed by atoms with Gasteiger partial charge in [-0.25, -0.2) is 4.98 Å². The van der Waals surface area contributed by atoms with Crippen molar-refractivity contribution in [3.05, 3.63) is 35.5 Å². The first-order valence-electron chi connectivity index (χ1n) is 8.19. The Bertz CT molecular complexity index is 718. The number of rotatable bonds is 5. The van der Waals surface area contributed by atoms with Gasteiger partial charge in [-0.2, -0.15) is 4.98 Å². The van der Waals surface area contributed by atoms with Gasteiger partial charge in [0.05, 0.1) is 14.2 Å². The number of nitrogens with one attached hydrogen (secondary N) is 1. The molecule has 24 heavy (non-hydrogen) atoms. The minimum Gasteiger partial charge on any atom is -0.493 e. The molecule has 0 fully saturated rings. The van der Waals surface area contributed by atoms with Gasteiger partial charge in [-0.15, -0.1) is 0 Å². The Morgan fingerprint density at radius 3 is 2.50 bits per heavy atom. The Morgan fingerprint density at radius 2 is 1.83 bits per heavy atom. The third-order valence-corrected chi connectivity index (χ3v) is 4.10. The second kappa shape index (κ2) is 6.95. The van der Waals surface area contributed by atoms with Crippen LogP contribution in [-0.4, -0.2) is 36.8 Å². The molecule has 6 nitrogen and oxygen atoms in total. The Labute approximate surface area is 142 Å². The molecular formula is C18H24N4O2. The van der Waals surface area contributed by atoms with Crippen LogP contribution in [0.25, 0.3) is 0 Å². The van der Waals surface area contributed by atoms with Gasteiger partial charge in [0.2, 0.25) is 5.95 Å². The maximum absolute atomic E-state index is 5.43. The van der Waals surface area contributed by atoms with Crippen LogP contribution in [0.5, 0.6) is 11.5 Å². The molecule has 0 aliphatic carbocycles. The SMILES string of the molecule is COc1cc2c(cc1OC)CN(c1ccnc(NC(C)C)n1)CC2. The quantitative estimate of drug-likeness (QED) is 0.911. The van der Waals surface area contributed by atoms with Crippen molar-refractivity contribution in [2.75, 3.05) is 31.0 Å². The highest BCUT2D eigenvalue weighted by atomic mass is 16.5. The summed E-state index contributed by atoms with van der Waals surface area (Å²) in [6, 6.07) is 6.41. The monoisotopic (exact) mass is 328 g/mol. The van der Waals surface area contributed by atoms with Crippen LogP contribution in [0.15, 0.2) is 24.4 Å². The van der Waals surface area contributed by atoms with E-state index in [0.29, 0.717) is 12.0 Å². The van der Waals surface area contributed by atoms with E-state index in [2.05, 4.69) is 46.2 Å². The van der Waals surface area contributed by atoms with Gasteiger partial charge in [0, 0.05) is 25.3 Å². The molecule has 128 valence electrons. The summed E-state index contributed by atoms with van der Waals surface area (Å²) in [5.41, 5.74) is 2.55. The van der Waals surface area contributed by atoms with E-state index < -0.39 is 0 Å². The fourth-order valence-corrected chi connectivity index (χ4v) is 2.93. The number of ether oxygens (including phenoxy) is 2. The van der Waals surface area contributed by atoms with Gasteiger partial charge in [-0.1, -0.05) is 0 Å². The first-order valence-corrected chi connectivity index (χ1v) is 8.19. The second-order valence-corrected chi connectivity index (χ2v) is 6.18. The van der Waals surface area contributed by atoms with E-state index in [1.54, 1.807) is 20.4 Å². The fourth-order valence-electron chi connectivity index (χ4n) is 2.93. The van der Waals surface area contributed by atoms with Crippen LogP contribution in [0.1, 0.15) is 25.0 Å². The summed E-state index contributed by atoms with van der Waals surface area (Å²) in [6.45, 7) is 5.87. The maximum Gasteiger partial charge on any atom is 0.224 e. The summed E-state index contributed by atoms with van der Waals surface area (Å²) in [4.78, 5) is 11.2. The number of methoxy groups -OCH3 is 2. The zero-order valence-electron chi connectivity index (χ0n) is 14.7. The van der Waals surface area contributed by atoms with Crippen LogP contribution in [-0.2, 0) is 13.0 Å². The maximum atomic E-state index is 5.43. The molecular weight excluding hydrogens is 304 g/mol. The average Bonchev–Trinajstić information content (AvgIpc) is 2.59. The van der Waals surface area contributed by atoms with Crippen LogP contribution in [0.4, 0.5) is 11.8 Å². The molecule has 6 heteroatoms. The normalized spacial score (nSPS) is 13.6. The summed E-state index contributed by atoms with van der Waals surface area (Å²) >= 11 is 0. The summed E-state index contributed by atoms with van der Waals surface area (Å²) in [5, 5.41) is 3.25. The van der Waals surface area contributed by atoms with Gasteiger partial charge < -0.3 is 19.7 Å². The number of hydrogen-bond donors (Lipinski definition) is 1. The molecule has 3 rings (SSSR count). The number of nitrogens with zero attached hydrogens (tertiary/aromatic N) is 3. The van der Waals surface area contributed by atoms with Gasteiger partial charge in [-0.05, 0) is 49.6 Å². The lowest BCUT2D eigenvalue weighted by Gasteiger charge is -2.30. The predicted molar refractivity (Wildman–Crippen MR) is 95.1 cm³/mol. The van der Waals surface area contributed by atoms with Gasteiger partial charge in [0.15, 0.2) is 11.5 Å². The molecule has 0 bridgehead atoms. The van der Waals surface area contributed by atoms with Crippen LogP contribution in [0, 0.1) is 0 Å². The number of benzene rings is 1. The van der Waals surface area contributed by atoms with E-state index in [1.807, 2.05) is 6.07 Å². The van der Waals surface area contributed by atoms with Crippen LogP contribution in [0.2, 0.25) is 0 Å². The Kier molecular flexibility index (Phi) is 4.74. The Hall–Kier alpha value is -2.50. The first-order chi connectivity index (χ1) is 11.6. The van der Waals surface area contributed by atoms with Gasteiger partial charge in [0.25, 0.3) is 0 Å². The molecule has 1 N–H and O–H groups in total. The lowest BCUT2D eigenvalue weighted by Crippen LogP contribution is -2.31. The fraction of sp³-hybridized carbons (Fsp3) is 0.444. The van der Waals surface area contributed by atoms with Crippen molar-refractivity contribution < 1.29 is 9.47 Å². The largest absolute Gasteiger partial charge is 0.493 e. The van der Waals surface area contributed by atoms with Crippen molar-refractivity contribution in [3.8, 4) is 11.5 Å². The summed E-state index contributed by atoms with van der Waals surface area (Å²) in [6.07, 6.45) is 2.75. The predicted octanol–water partition coefficient (Wildman–Crippen LogP) is 2.88. The lowest BCUT2D eigenvalue weighted by atomic mass is 9.99. The van der Waals surface area contributed by atoms with E-state index >= 15 is 0 Å². The smallest absolute Gasteiger partial charge is 0.224 e. The zero-order chi connectivity index (χ0) is 17.1. The highest BCUT2D eigenvalue weighted by Gasteiger charge is 2.20. The van der Waals surface area contributed by atoms with Crippen LogP contribution in [0.3, 0.4) is 0 Å². The van der Waals surface area contributed by atoms with Crippen LogP contribution < -0.4 is 19.7 Å². The molecule has 1 aliphatic rings. The van der Waals surface area contributed by atoms with Crippen molar-refractivity contribution in [1.82, 2.24) is 9.97 Å². The number of aromatic nitrogens is 2. The molecule has 0 saturated carbocycles. The van der Waals surface area contributed by atoms with Crippen molar-refractivity contribution in [3.63, 3.8) is 0 Å². The molecule has 1 aliphatic heterocycles. The van der Waals surface area contributed by atoms with E-state index in [4.69, 9.17) is 9.47 Å². The number of anilines is 2. The van der Waals surface area contributed by atoms with Crippen molar-refractivity contribution in [1.29, 1.82) is 0 Å². The molecule has 0 atom stereocenters. The molecule has 2 heterocycles. The van der Waals surface area contributed by atoms with Crippen molar-refractivity contribution in [2.45, 2.75) is 32.9 Å². The molecule has 0 spiro atoms. The minimum absolute atomic E-state index is 0.305. The average molecular weight is 328 g/mol. The Balaban J connectivity index is 1.84. The summed E-state index contributed by atoms with van der Waals surface area (Å²) < 4.78 is 10.8. The third kappa shape index (κ3) is 3.37. The molecule has 0 radical (unpaired) electrons. The topological polar surface area (TPSA) is 59.5 Å². The first kappa shape index (κ1) is 16.4. The van der Waals surface area contributed by atoms with Crippen molar-refractivity contribution >= 4 is 11.8 Å². The molecule has 2 aromatic rings. The summed E-state index contributed by atoms with van der Waals surface area (Å²) in [5.74, 6) is 3.16. The molecule has 1 aromatic heterocycles. The van der Waals surface area contributed by atoms with E-state index in [-0.39, 0.29) is 0 Å². The van der Waals surface area contributed by atoms with Gasteiger partial charge >= 0.3 is 0 Å². The van der Waals surface area contributed by atoms with E-state index in [1.165, 1.54) is 11.1 Å². The minimum atomic E-state index is 0.305. The van der Waals surface area contributed by atoms with Gasteiger partial charge in [0.1, 0.15) is 5.82 Å². The highest BCUT2D eigenvalue weighted by molar-refractivity contribution is 5.52. The van der Waals surface area contributed by atoms with Crippen LogP contribution >= 0.6 is 0 Å².